The van der Waals surface area contributed by atoms with E-state index in [2.05, 4.69) is 0 Å². The molecule has 5 rings (SSSR count). The summed E-state index contributed by atoms with van der Waals surface area (Å²) in [5, 5.41) is 0. The molecule has 4 aromatic carbocycles. The second kappa shape index (κ2) is 18.4. The van der Waals surface area contributed by atoms with Crippen molar-refractivity contribution in [3.8, 4) is 0 Å². The summed E-state index contributed by atoms with van der Waals surface area (Å²) >= 11 is 0. The molecular weight excluding hydrogens is 656 g/mol. The Kier molecular flexibility index (Phi) is 13.2. The van der Waals surface area contributed by atoms with Gasteiger partial charge in [-0.3, -0.25) is 0 Å². The summed E-state index contributed by atoms with van der Waals surface area (Å²) in [5.41, 5.74) is 0.833. The van der Waals surface area contributed by atoms with E-state index in [4.69, 9.17) is 28.4 Å². The summed E-state index contributed by atoms with van der Waals surface area (Å²) < 4.78 is 36.1. The van der Waals surface area contributed by atoms with Crippen LogP contribution in [0.1, 0.15) is 67.6 Å². The third kappa shape index (κ3) is 10.4. The monoisotopic (exact) mass is 694 g/mol. The molecule has 1 heterocycles. The first-order chi connectivity index (χ1) is 24.8. The summed E-state index contributed by atoms with van der Waals surface area (Å²) in [7, 11) is 0. The van der Waals surface area contributed by atoms with Crippen molar-refractivity contribution in [1.29, 1.82) is 0 Å². The first kappa shape index (κ1) is 36.6. The summed E-state index contributed by atoms with van der Waals surface area (Å²) in [6, 6.07) is 32.7. The molecule has 0 aromatic heterocycles. The fourth-order valence-electron chi connectivity index (χ4n) is 5.34. The van der Waals surface area contributed by atoms with Gasteiger partial charge < -0.3 is 33.2 Å². The first-order valence-electron chi connectivity index (χ1n) is 16.6. The molecule has 0 radical (unpaired) electrons. The fourth-order valence-corrected chi connectivity index (χ4v) is 5.34. The number of hydrogen-bond acceptors (Lipinski definition) is 11. The molecule has 0 aliphatic carbocycles. The van der Waals surface area contributed by atoms with Gasteiger partial charge in [-0.1, -0.05) is 72.8 Å². The van der Waals surface area contributed by atoms with Crippen LogP contribution in [0.4, 0.5) is 0 Å². The number of hydrogen-bond donors (Lipinski definition) is 0. The van der Waals surface area contributed by atoms with E-state index in [1.54, 1.807) is 121 Å². The Morgan fingerprint density at radius 1 is 0.529 bits per heavy atom. The van der Waals surface area contributed by atoms with Gasteiger partial charge in [0.1, 0.15) is 18.5 Å². The van der Waals surface area contributed by atoms with E-state index in [0.717, 1.165) is 0 Å². The van der Waals surface area contributed by atoms with E-state index in [-0.39, 0.29) is 34.6 Å². The van der Waals surface area contributed by atoms with Crippen molar-refractivity contribution in [2.24, 2.45) is 0 Å². The predicted molar refractivity (Wildman–Crippen MR) is 183 cm³/mol. The highest BCUT2D eigenvalue weighted by Crippen LogP contribution is 2.32. The molecule has 0 bridgehead atoms. The molecule has 1 aliphatic heterocycles. The van der Waals surface area contributed by atoms with Crippen molar-refractivity contribution < 1.29 is 52.4 Å². The Bertz CT molecular complexity index is 1750. The maximum atomic E-state index is 13.6. The summed E-state index contributed by atoms with van der Waals surface area (Å²) in [6.07, 6.45) is -5.74. The Morgan fingerprint density at radius 3 is 1.39 bits per heavy atom. The van der Waals surface area contributed by atoms with Gasteiger partial charge in [-0.25, -0.2) is 19.2 Å². The first-order valence-corrected chi connectivity index (χ1v) is 16.6. The molecule has 0 saturated carbocycles. The Labute approximate surface area is 295 Å². The van der Waals surface area contributed by atoms with Gasteiger partial charge in [0.05, 0.1) is 22.3 Å². The molecule has 0 spiro atoms. The number of unbranched alkanes of at least 4 members (excludes halogenated alkanes) is 1. The zero-order chi connectivity index (χ0) is 36.0. The van der Waals surface area contributed by atoms with Crippen molar-refractivity contribution in [1.82, 2.24) is 0 Å². The average Bonchev–Trinajstić information content (AvgIpc) is 3.16. The number of Topliss-reactive ketones (excluding diaryl/α,β-unsaturated/α-hetero) is 1. The zero-order valence-electron chi connectivity index (χ0n) is 28.0. The van der Waals surface area contributed by atoms with Crippen molar-refractivity contribution in [2.45, 2.75) is 56.9 Å². The van der Waals surface area contributed by atoms with Gasteiger partial charge in [-0.2, -0.15) is 0 Å². The lowest BCUT2D eigenvalue weighted by atomic mass is 9.97. The van der Waals surface area contributed by atoms with E-state index in [0.29, 0.717) is 19.3 Å². The quantitative estimate of drug-likeness (QED) is 0.0820. The van der Waals surface area contributed by atoms with E-state index >= 15 is 0 Å². The molecule has 2 unspecified atom stereocenters. The highest BCUT2D eigenvalue weighted by atomic mass is 16.7. The number of rotatable bonds is 15. The average molecular weight is 695 g/mol. The summed E-state index contributed by atoms with van der Waals surface area (Å²) in [4.78, 5) is 65.3. The van der Waals surface area contributed by atoms with Crippen LogP contribution in [0.15, 0.2) is 121 Å². The number of ether oxygens (including phenoxy) is 6. The van der Waals surface area contributed by atoms with Gasteiger partial charge in [-0.05, 0) is 68.3 Å². The second-order valence-corrected chi connectivity index (χ2v) is 11.7. The molecule has 1 fully saturated rings. The van der Waals surface area contributed by atoms with Crippen LogP contribution in [0.25, 0.3) is 0 Å². The maximum Gasteiger partial charge on any atom is 0.338 e. The number of esters is 4. The van der Waals surface area contributed by atoms with Crippen LogP contribution < -0.4 is 0 Å². The van der Waals surface area contributed by atoms with Crippen molar-refractivity contribution in [3.05, 3.63) is 144 Å². The summed E-state index contributed by atoms with van der Waals surface area (Å²) in [5.74, 6) is -3.03. The van der Waals surface area contributed by atoms with Gasteiger partial charge in [0.15, 0.2) is 24.6 Å². The van der Waals surface area contributed by atoms with Gasteiger partial charge in [0.2, 0.25) is 0 Å². The lowest BCUT2D eigenvalue weighted by Gasteiger charge is -2.44. The molecule has 51 heavy (non-hydrogen) atoms. The molecule has 0 N–H and O–H groups in total. The molecule has 4 aromatic rings. The van der Waals surface area contributed by atoms with Crippen molar-refractivity contribution in [2.75, 3.05) is 13.2 Å². The van der Waals surface area contributed by atoms with Crippen LogP contribution in [0.2, 0.25) is 0 Å². The Morgan fingerprint density at radius 2 is 0.941 bits per heavy atom. The molecule has 264 valence electrons. The predicted octanol–water partition coefficient (Wildman–Crippen LogP) is 6.02. The van der Waals surface area contributed by atoms with Crippen LogP contribution >= 0.6 is 0 Å². The number of benzene rings is 4. The van der Waals surface area contributed by atoms with Crippen LogP contribution in [-0.4, -0.2) is 73.6 Å². The SMILES string of the molecule is CC(=O)CCCCO[C@@H]1OC(COC(=O)c2ccccc2)[C@H](OC(=O)c2ccccc2)C(OC(=O)c2ccccc2)[C@@H]1OC(=O)c1ccccc1. The van der Waals surface area contributed by atoms with E-state index in [1.165, 1.54) is 6.92 Å². The molecule has 1 aliphatic rings. The fraction of sp³-hybridized carbons (Fsp3) is 0.275. The normalized spacial score (nSPS) is 19.7. The van der Waals surface area contributed by atoms with Gasteiger partial charge >= 0.3 is 23.9 Å². The molecule has 11 heteroatoms. The molecule has 1 saturated heterocycles. The van der Waals surface area contributed by atoms with Crippen LogP contribution in [0.5, 0.6) is 0 Å². The topological polar surface area (TPSA) is 141 Å². The molecule has 0 amide bonds. The number of ketones is 1. The minimum absolute atomic E-state index is 0.0230. The number of carbonyl (C=O) groups is 5. The van der Waals surface area contributed by atoms with Gasteiger partial charge in [0.25, 0.3) is 0 Å². The molecule has 5 atom stereocenters. The van der Waals surface area contributed by atoms with Gasteiger partial charge in [-0.15, -0.1) is 0 Å². The third-order valence-corrected chi connectivity index (χ3v) is 7.94. The van der Waals surface area contributed by atoms with Gasteiger partial charge in [0, 0.05) is 13.0 Å². The van der Waals surface area contributed by atoms with E-state index in [1.807, 2.05) is 0 Å². The Balaban J connectivity index is 1.52. The molecule has 11 nitrogen and oxygen atoms in total. The lowest BCUT2D eigenvalue weighted by molar-refractivity contribution is -0.298. The lowest BCUT2D eigenvalue weighted by Crippen LogP contribution is -2.63. The van der Waals surface area contributed by atoms with E-state index in [9.17, 15) is 24.0 Å². The van der Waals surface area contributed by atoms with Crippen LogP contribution in [-0.2, 0) is 33.2 Å². The largest absolute Gasteiger partial charge is 0.459 e. The van der Waals surface area contributed by atoms with E-state index < -0.39 is 61.2 Å². The standard InChI is InChI=1S/C40H38O11/c1-27(41)16-14-15-25-46-40-35(51-39(45)31-23-12-5-13-24-31)34(50-38(44)30-21-10-4-11-22-30)33(49-37(43)29-19-8-3-9-20-29)32(48-40)26-47-36(42)28-17-6-2-7-18-28/h2-13,17-24,32-35,40H,14-16,25-26H2,1H3/t32?,33-,34?,35-,40+/m0/s1. The van der Waals surface area contributed by atoms with Crippen molar-refractivity contribution in [3.63, 3.8) is 0 Å². The minimum Gasteiger partial charge on any atom is -0.459 e. The Hall–Kier alpha value is -5.65. The third-order valence-electron chi connectivity index (χ3n) is 7.94. The maximum absolute atomic E-state index is 13.6. The highest BCUT2D eigenvalue weighted by molar-refractivity contribution is 5.91. The zero-order valence-corrected chi connectivity index (χ0v) is 28.0. The minimum atomic E-state index is -1.51. The van der Waals surface area contributed by atoms with Crippen molar-refractivity contribution >= 4 is 29.7 Å². The summed E-state index contributed by atoms with van der Waals surface area (Å²) in [6.45, 7) is 1.11. The second-order valence-electron chi connectivity index (χ2n) is 11.7. The van der Waals surface area contributed by atoms with Crippen LogP contribution in [0.3, 0.4) is 0 Å². The number of carbonyl (C=O) groups excluding carboxylic acids is 5. The van der Waals surface area contributed by atoms with Crippen LogP contribution in [0, 0.1) is 0 Å². The highest BCUT2D eigenvalue weighted by Gasteiger charge is 2.53. The molecular formula is C40H38O11. The smallest absolute Gasteiger partial charge is 0.338 e.